The van der Waals surface area contributed by atoms with Gasteiger partial charge in [0.2, 0.25) is 0 Å². The number of hydrogen-bond acceptors (Lipinski definition) is 3. The van der Waals surface area contributed by atoms with E-state index >= 15 is 0 Å². The lowest BCUT2D eigenvalue weighted by molar-refractivity contribution is -0.0151. The monoisotopic (exact) mass is 318 g/mol. The first-order valence-corrected chi connectivity index (χ1v) is 7.67. The molecule has 2 heterocycles. The van der Waals surface area contributed by atoms with Crippen molar-refractivity contribution in [3.8, 4) is 0 Å². The van der Waals surface area contributed by atoms with Crippen molar-refractivity contribution in [3.05, 3.63) is 66.0 Å². The van der Waals surface area contributed by atoms with Crippen LogP contribution in [0.1, 0.15) is 17.5 Å². The zero-order chi connectivity index (χ0) is 14.3. The van der Waals surface area contributed by atoms with Gasteiger partial charge in [-0.15, -0.1) is 12.4 Å². The molecule has 3 rings (SSSR count). The molecule has 3 nitrogen and oxygen atoms in total. The van der Waals surface area contributed by atoms with Gasteiger partial charge in [-0.25, -0.2) is 0 Å². The molecule has 0 saturated carbocycles. The number of ether oxygens (including phenoxy) is 1. The minimum absolute atomic E-state index is 0. The second-order valence-electron chi connectivity index (χ2n) is 5.65. The molecule has 0 spiro atoms. The van der Waals surface area contributed by atoms with Gasteiger partial charge in [0.15, 0.2) is 0 Å². The van der Waals surface area contributed by atoms with Crippen molar-refractivity contribution < 1.29 is 4.74 Å². The summed E-state index contributed by atoms with van der Waals surface area (Å²) in [6, 6.07) is 14.7. The molecule has 0 amide bonds. The van der Waals surface area contributed by atoms with Gasteiger partial charge in [0.05, 0.1) is 12.7 Å². The van der Waals surface area contributed by atoms with Crippen molar-refractivity contribution in [2.45, 2.75) is 25.6 Å². The van der Waals surface area contributed by atoms with E-state index < -0.39 is 0 Å². The topological polar surface area (TPSA) is 34.1 Å². The van der Waals surface area contributed by atoms with E-state index in [0.717, 1.165) is 25.9 Å². The third-order valence-corrected chi connectivity index (χ3v) is 4.09. The van der Waals surface area contributed by atoms with Gasteiger partial charge in [-0.3, -0.25) is 4.98 Å². The summed E-state index contributed by atoms with van der Waals surface area (Å²) in [5.74, 6) is 0.544. The minimum atomic E-state index is 0. The van der Waals surface area contributed by atoms with Crippen LogP contribution in [0.25, 0.3) is 0 Å². The molecule has 0 unspecified atom stereocenters. The highest BCUT2D eigenvalue weighted by Crippen LogP contribution is 2.21. The lowest BCUT2D eigenvalue weighted by Gasteiger charge is -2.32. The fourth-order valence-corrected chi connectivity index (χ4v) is 2.92. The van der Waals surface area contributed by atoms with Crippen molar-refractivity contribution in [1.29, 1.82) is 0 Å². The van der Waals surface area contributed by atoms with Crippen LogP contribution < -0.4 is 5.32 Å². The first-order chi connectivity index (χ1) is 10.4. The van der Waals surface area contributed by atoms with Gasteiger partial charge in [0.25, 0.3) is 0 Å². The Morgan fingerprint density at radius 3 is 2.59 bits per heavy atom. The lowest BCUT2D eigenvalue weighted by Crippen LogP contribution is -2.42. The van der Waals surface area contributed by atoms with Gasteiger partial charge in [0.1, 0.15) is 0 Å². The molecule has 1 aromatic heterocycles. The van der Waals surface area contributed by atoms with E-state index in [2.05, 4.69) is 40.6 Å². The predicted octanol–water partition coefficient (Wildman–Crippen LogP) is 3.24. The number of aromatic nitrogens is 1. The largest absolute Gasteiger partial charge is 0.373 e. The summed E-state index contributed by atoms with van der Waals surface area (Å²) in [6.45, 7) is 2.76. The maximum atomic E-state index is 6.19. The molecule has 1 fully saturated rings. The number of benzene rings is 1. The Bertz CT molecular complexity index is 535. The second kappa shape index (κ2) is 8.89. The summed E-state index contributed by atoms with van der Waals surface area (Å²) < 4.78 is 6.19. The highest BCUT2D eigenvalue weighted by atomic mass is 35.5. The van der Waals surface area contributed by atoms with Crippen molar-refractivity contribution in [1.82, 2.24) is 10.3 Å². The van der Waals surface area contributed by atoms with Gasteiger partial charge in [-0.2, -0.15) is 0 Å². The second-order valence-corrected chi connectivity index (χ2v) is 5.65. The van der Waals surface area contributed by atoms with E-state index in [1.165, 1.54) is 11.1 Å². The Labute approximate surface area is 138 Å². The fraction of sp³-hybridized carbons (Fsp3) is 0.389. The Morgan fingerprint density at radius 2 is 1.82 bits per heavy atom. The zero-order valence-corrected chi connectivity index (χ0v) is 13.5. The van der Waals surface area contributed by atoms with Crippen LogP contribution in [-0.4, -0.2) is 24.2 Å². The molecular formula is C18H23ClN2O. The van der Waals surface area contributed by atoms with Crippen LogP contribution in [0.15, 0.2) is 54.9 Å². The van der Waals surface area contributed by atoms with Gasteiger partial charge in [-0.05, 0) is 42.6 Å². The lowest BCUT2D eigenvalue weighted by atomic mass is 9.89. The Kier molecular flexibility index (Phi) is 6.84. The van der Waals surface area contributed by atoms with E-state index in [1.54, 1.807) is 0 Å². The molecule has 118 valence electrons. The number of hydrogen-bond donors (Lipinski definition) is 1. The van der Waals surface area contributed by atoms with Gasteiger partial charge in [0, 0.05) is 24.9 Å². The quantitative estimate of drug-likeness (QED) is 0.919. The van der Waals surface area contributed by atoms with E-state index in [1.807, 2.05) is 24.5 Å². The summed E-state index contributed by atoms with van der Waals surface area (Å²) >= 11 is 0. The third-order valence-electron chi connectivity index (χ3n) is 4.09. The van der Waals surface area contributed by atoms with Gasteiger partial charge < -0.3 is 10.1 Å². The molecule has 1 N–H and O–H groups in total. The van der Waals surface area contributed by atoms with Crippen LogP contribution in [0.5, 0.6) is 0 Å². The molecule has 1 aliphatic heterocycles. The van der Waals surface area contributed by atoms with Crippen molar-refractivity contribution in [2.75, 3.05) is 13.1 Å². The molecule has 2 atom stereocenters. The summed E-state index contributed by atoms with van der Waals surface area (Å²) in [7, 11) is 0. The Balaban J connectivity index is 0.00000176. The zero-order valence-electron chi connectivity index (χ0n) is 12.7. The van der Waals surface area contributed by atoms with E-state index in [-0.39, 0.29) is 12.4 Å². The van der Waals surface area contributed by atoms with Crippen molar-refractivity contribution in [2.24, 2.45) is 5.92 Å². The normalized spacial score (nSPS) is 21.1. The van der Waals surface area contributed by atoms with E-state index in [4.69, 9.17) is 4.74 Å². The molecule has 0 radical (unpaired) electrons. The number of pyridine rings is 1. The van der Waals surface area contributed by atoms with Crippen LogP contribution in [0.4, 0.5) is 0 Å². The number of nitrogens with zero attached hydrogens (tertiary/aromatic N) is 1. The molecule has 1 saturated heterocycles. The first-order valence-electron chi connectivity index (χ1n) is 7.67. The standard InChI is InChI=1S/C18H22N2O.ClH/c1-2-4-15(5-3-1)12-17-13-20-11-8-18(17)21-14-16-6-9-19-10-7-16;/h1-7,9-10,17-18,20H,8,11-14H2;1H/t17-,18+;/m0./s1. The Morgan fingerprint density at radius 1 is 1.05 bits per heavy atom. The maximum absolute atomic E-state index is 6.19. The minimum Gasteiger partial charge on any atom is -0.373 e. The number of piperidine rings is 1. The molecule has 1 aliphatic rings. The summed E-state index contributed by atoms with van der Waals surface area (Å²) in [5, 5.41) is 3.49. The SMILES string of the molecule is Cl.c1ccc(C[C@H]2CNCC[C@H]2OCc2ccncc2)cc1. The average Bonchev–Trinajstić information content (AvgIpc) is 2.56. The van der Waals surface area contributed by atoms with E-state index in [0.29, 0.717) is 18.6 Å². The summed E-state index contributed by atoms with van der Waals surface area (Å²) in [6.07, 6.45) is 6.14. The first kappa shape index (κ1) is 16.9. The molecule has 1 aromatic carbocycles. The van der Waals surface area contributed by atoms with E-state index in [9.17, 15) is 0 Å². The number of rotatable bonds is 5. The van der Waals surface area contributed by atoms with Crippen molar-refractivity contribution >= 4 is 12.4 Å². The number of nitrogens with one attached hydrogen (secondary N) is 1. The smallest absolute Gasteiger partial charge is 0.0721 e. The summed E-state index contributed by atoms with van der Waals surface area (Å²) in [5.41, 5.74) is 2.59. The molecule has 0 bridgehead atoms. The molecular weight excluding hydrogens is 296 g/mol. The highest BCUT2D eigenvalue weighted by Gasteiger charge is 2.25. The van der Waals surface area contributed by atoms with Crippen LogP contribution in [0.2, 0.25) is 0 Å². The van der Waals surface area contributed by atoms with Crippen LogP contribution in [0, 0.1) is 5.92 Å². The Hall–Kier alpha value is -1.42. The van der Waals surface area contributed by atoms with Crippen LogP contribution in [-0.2, 0) is 17.8 Å². The highest BCUT2D eigenvalue weighted by molar-refractivity contribution is 5.85. The third kappa shape index (κ3) is 4.80. The molecule has 22 heavy (non-hydrogen) atoms. The van der Waals surface area contributed by atoms with Crippen LogP contribution >= 0.6 is 12.4 Å². The average molecular weight is 319 g/mol. The molecule has 4 heteroatoms. The van der Waals surface area contributed by atoms with Gasteiger partial charge in [-0.1, -0.05) is 30.3 Å². The number of halogens is 1. The van der Waals surface area contributed by atoms with Crippen molar-refractivity contribution in [3.63, 3.8) is 0 Å². The molecule has 2 aromatic rings. The maximum Gasteiger partial charge on any atom is 0.0721 e. The summed E-state index contributed by atoms with van der Waals surface area (Å²) in [4.78, 5) is 4.05. The fourth-order valence-electron chi connectivity index (χ4n) is 2.92. The van der Waals surface area contributed by atoms with Gasteiger partial charge >= 0.3 is 0 Å². The van der Waals surface area contributed by atoms with Crippen LogP contribution in [0.3, 0.4) is 0 Å². The predicted molar refractivity (Wildman–Crippen MR) is 91.2 cm³/mol. The molecule has 0 aliphatic carbocycles.